The fraction of sp³-hybridized carbons (Fsp3) is 0.263. The third-order valence-electron chi connectivity index (χ3n) is 4.00. The van der Waals surface area contributed by atoms with E-state index >= 15 is 0 Å². The Morgan fingerprint density at radius 2 is 1.83 bits per heavy atom. The van der Waals surface area contributed by atoms with Crippen LogP contribution in [0.3, 0.4) is 0 Å². The maximum atomic E-state index is 12.7. The van der Waals surface area contributed by atoms with Crippen LogP contribution in [0.5, 0.6) is 0 Å². The number of piperidine rings is 1. The largest absolute Gasteiger partial charge is 0.465 e. The first-order valence-corrected chi connectivity index (χ1v) is 8.15. The van der Waals surface area contributed by atoms with Gasteiger partial charge < -0.3 is 14.6 Å². The lowest BCUT2D eigenvalue weighted by Crippen LogP contribution is -2.36. The Bertz CT molecular complexity index is 729. The molecule has 0 spiro atoms. The molecule has 2 aromatic rings. The number of carbonyl (C=O) groups excluding carboxylic acids is 2. The molecule has 2 heterocycles. The second-order valence-electron chi connectivity index (χ2n) is 5.74. The molecule has 1 N–H and O–H groups in total. The molecule has 5 nitrogen and oxygen atoms in total. The van der Waals surface area contributed by atoms with Crippen molar-refractivity contribution >= 4 is 23.6 Å². The van der Waals surface area contributed by atoms with Crippen molar-refractivity contribution in [1.82, 2.24) is 4.90 Å². The third-order valence-corrected chi connectivity index (χ3v) is 4.00. The van der Waals surface area contributed by atoms with Gasteiger partial charge in [0, 0.05) is 19.2 Å². The van der Waals surface area contributed by atoms with Crippen molar-refractivity contribution in [2.45, 2.75) is 19.3 Å². The van der Waals surface area contributed by atoms with E-state index in [-0.39, 0.29) is 11.8 Å². The van der Waals surface area contributed by atoms with Crippen LogP contribution in [0.15, 0.2) is 53.2 Å². The highest BCUT2D eigenvalue weighted by Gasteiger charge is 2.20. The average molecular weight is 324 g/mol. The molecule has 124 valence electrons. The van der Waals surface area contributed by atoms with E-state index in [1.54, 1.807) is 42.7 Å². The van der Waals surface area contributed by atoms with Crippen molar-refractivity contribution in [2.24, 2.45) is 0 Å². The number of furan rings is 1. The predicted octanol–water partition coefficient (Wildman–Crippen LogP) is 3.56. The highest BCUT2D eigenvalue weighted by atomic mass is 16.3. The molecule has 0 atom stereocenters. The van der Waals surface area contributed by atoms with Crippen LogP contribution in [0.1, 0.15) is 35.4 Å². The fourth-order valence-corrected chi connectivity index (χ4v) is 2.76. The van der Waals surface area contributed by atoms with E-state index in [1.807, 2.05) is 11.0 Å². The number of para-hydroxylation sites is 1. The van der Waals surface area contributed by atoms with Crippen molar-refractivity contribution in [1.29, 1.82) is 0 Å². The summed E-state index contributed by atoms with van der Waals surface area (Å²) in [7, 11) is 0. The van der Waals surface area contributed by atoms with Crippen LogP contribution in [-0.2, 0) is 4.79 Å². The van der Waals surface area contributed by atoms with Gasteiger partial charge in [0.1, 0.15) is 5.76 Å². The molecular formula is C19H20N2O3. The normalized spacial score (nSPS) is 14.8. The quantitative estimate of drug-likeness (QED) is 0.875. The molecule has 0 radical (unpaired) electrons. The van der Waals surface area contributed by atoms with Gasteiger partial charge in [0.15, 0.2) is 0 Å². The zero-order chi connectivity index (χ0) is 16.8. The smallest absolute Gasteiger partial charge is 0.255 e. The molecule has 0 saturated carbocycles. The van der Waals surface area contributed by atoms with Crippen LogP contribution in [0.2, 0.25) is 0 Å². The van der Waals surface area contributed by atoms with Crippen LogP contribution < -0.4 is 5.32 Å². The molecule has 5 heteroatoms. The lowest BCUT2D eigenvalue weighted by Gasteiger charge is -2.27. The minimum Gasteiger partial charge on any atom is -0.465 e. The Hall–Kier alpha value is -2.82. The lowest BCUT2D eigenvalue weighted by molar-refractivity contribution is -0.111. The maximum Gasteiger partial charge on any atom is 0.255 e. The summed E-state index contributed by atoms with van der Waals surface area (Å²) in [6.07, 6.45) is 7.76. The van der Waals surface area contributed by atoms with Crippen molar-refractivity contribution in [3.63, 3.8) is 0 Å². The number of amides is 2. The molecular weight excluding hydrogens is 304 g/mol. The molecule has 1 aliphatic heterocycles. The number of hydrogen-bond donors (Lipinski definition) is 1. The van der Waals surface area contributed by atoms with E-state index in [0.29, 0.717) is 17.0 Å². The van der Waals surface area contributed by atoms with E-state index in [0.717, 1.165) is 25.9 Å². The zero-order valence-corrected chi connectivity index (χ0v) is 13.4. The van der Waals surface area contributed by atoms with Crippen LogP contribution in [0, 0.1) is 0 Å². The molecule has 1 aromatic carbocycles. The number of carbonyl (C=O) groups is 2. The first kappa shape index (κ1) is 16.1. The molecule has 0 unspecified atom stereocenters. The number of hydrogen-bond acceptors (Lipinski definition) is 3. The Kier molecular flexibility index (Phi) is 5.11. The zero-order valence-electron chi connectivity index (χ0n) is 13.4. The van der Waals surface area contributed by atoms with Gasteiger partial charge in [0.05, 0.1) is 17.5 Å². The summed E-state index contributed by atoms with van der Waals surface area (Å²) in [6.45, 7) is 1.55. The Labute approximate surface area is 141 Å². The minimum absolute atomic E-state index is 0.0272. The van der Waals surface area contributed by atoms with E-state index in [1.165, 1.54) is 12.5 Å². The summed E-state index contributed by atoms with van der Waals surface area (Å²) in [5.74, 6) is 0.272. The van der Waals surface area contributed by atoms with E-state index < -0.39 is 0 Å². The van der Waals surface area contributed by atoms with Crippen molar-refractivity contribution in [3.8, 4) is 0 Å². The monoisotopic (exact) mass is 324 g/mol. The molecule has 1 fully saturated rings. The van der Waals surface area contributed by atoms with Gasteiger partial charge in [-0.05, 0) is 49.6 Å². The first-order chi connectivity index (χ1) is 11.7. The topological polar surface area (TPSA) is 62.6 Å². The molecule has 1 saturated heterocycles. The molecule has 3 rings (SSSR count). The summed E-state index contributed by atoms with van der Waals surface area (Å²) in [5.41, 5.74) is 1.06. The summed E-state index contributed by atoms with van der Waals surface area (Å²) in [5, 5.41) is 2.78. The molecule has 1 aliphatic rings. The van der Waals surface area contributed by atoms with E-state index in [9.17, 15) is 9.59 Å². The van der Waals surface area contributed by atoms with Gasteiger partial charge >= 0.3 is 0 Å². The number of likely N-dealkylation sites (tertiary alicyclic amines) is 1. The van der Waals surface area contributed by atoms with Crippen LogP contribution in [0.25, 0.3) is 6.08 Å². The van der Waals surface area contributed by atoms with Crippen molar-refractivity contribution in [3.05, 3.63) is 60.1 Å². The molecule has 2 amide bonds. The number of benzene rings is 1. The van der Waals surface area contributed by atoms with Crippen LogP contribution in [-0.4, -0.2) is 29.8 Å². The minimum atomic E-state index is -0.301. The molecule has 0 aliphatic carbocycles. The Balaban J connectivity index is 1.71. The standard InChI is InChI=1S/C19H20N2O3/c22-18(11-10-15-7-6-14-24-15)20-17-9-3-2-8-16(17)19(23)21-12-4-1-5-13-21/h2-3,6-11,14H,1,4-5,12-13H2,(H,20,22)/b11-10+. The summed E-state index contributed by atoms with van der Waals surface area (Å²) < 4.78 is 5.15. The van der Waals surface area contributed by atoms with Gasteiger partial charge in [0.25, 0.3) is 5.91 Å². The highest BCUT2D eigenvalue weighted by Crippen LogP contribution is 2.20. The van der Waals surface area contributed by atoms with Crippen LogP contribution in [0.4, 0.5) is 5.69 Å². The Morgan fingerprint density at radius 3 is 2.58 bits per heavy atom. The number of nitrogens with one attached hydrogen (secondary N) is 1. The van der Waals surface area contributed by atoms with Gasteiger partial charge in [0.2, 0.25) is 5.91 Å². The SMILES string of the molecule is O=C(/C=C/c1ccco1)Nc1ccccc1C(=O)N1CCCCC1. The summed E-state index contributed by atoms with van der Waals surface area (Å²) in [4.78, 5) is 26.6. The second kappa shape index (κ2) is 7.64. The molecule has 24 heavy (non-hydrogen) atoms. The van der Waals surface area contributed by atoms with E-state index in [2.05, 4.69) is 5.32 Å². The number of rotatable bonds is 4. The predicted molar refractivity (Wildman–Crippen MR) is 92.6 cm³/mol. The number of nitrogens with zero attached hydrogens (tertiary/aromatic N) is 1. The fourth-order valence-electron chi connectivity index (χ4n) is 2.76. The van der Waals surface area contributed by atoms with Gasteiger partial charge in [-0.3, -0.25) is 9.59 Å². The van der Waals surface area contributed by atoms with Gasteiger partial charge in [-0.1, -0.05) is 12.1 Å². The maximum absolute atomic E-state index is 12.7. The van der Waals surface area contributed by atoms with E-state index in [4.69, 9.17) is 4.42 Å². The Morgan fingerprint density at radius 1 is 1.04 bits per heavy atom. The average Bonchev–Trinajstić information content (AvgIpc) is 3.14. The second-order valence-corrected chi connectivity index (χ2v) is 5.74. The summed E-state index contributed by atoms with van der Waals surface area (Å²) >= 11 is 0. The van der Waals surface area contributed by atoms with Gasteiger partial charge in [-0.15, -0.1) is 0 Å². The van der Waals surface area contributed by atoms with Gasteiger partial charge in [-0.25, -0.2) is 0 Å². The summed E-state index contributed by atoms with van der Waals surface area (Å²) in [6, 6.07) is 10.6. The third kappa shape index (κ3) is 3.93. The molecule has 0 bridgehead atoms. The van der Waals surface area contributed by atoms with Crippen molar-refractivity contribution in [2.75, 3.05) is 18.4 Å². The van der Waals surface area contributed by atoms with Crippen LogP contribution >= 0.6 is 0 Å². The lowest BCUT2D eigenvalue weighted by atomic mass is 10.1. The van der Waals surface area contributed by atoms with Gasteiger partial charge in [-0.2, -0.15) is 0 Å². The molecule has 1 aromatic heterocycles. The highest BCUT2D eigenvalue weighted by molar-refractivity contribution is 6.07. The number of anilines is 1. The first-order valence-electron chi connectivity index (χ1n) is 8.15. The van der Waals surface area contributed by atoms with Crippen molar-refractivity contribution < 1.29 is 14.0 Å².